The van der Waals surface area contributed by atoms with Crippen molar-refractivity contribution in [3.05, 3.63) is 35.1 Å². The number of pyridine rings is 1. The minimum atomic E-state index is 0.366. The van der Waals surface area contributed by atoms with E-state index in [2.05, 4.69) is 49.9 Å². The lowest BCUT2D eigenvalue weighted by Gasteiger charge is -2.07. The lowest BCUT2D eigenvalue weighted by atomic mass is 10.1. The average Bonchev–Trinajstić information content (AvgIpc) is 2.94. The minimum Gasteiger partial charge on any atom is -0.304 e. The Hall–Kier alpha value is -1.69. The minimum absolute atomic E-state index is 0.366. The van der Waals surface area contributed by atoms with Crippen molar-refractivity contribution in [2.45, 2.75) is 19.8 Å². The Morgan fingerprint density at radius 3 is 2.83 bits per heavy atom. The van der Waals surface area contributed by atoms with Gasteiger partial charge in [-0.25, -0.2) is 9.97 Å². The molecule has 0 aliphatic carbocycles. The molecule has 6 heteroatoms. The van der Waals surface area contributed by atoms with Crippen LogP contribution in [0.1, 0.15) is 25.5 Å². The van der Waals surface area contributed by atoms with Crippen molar-refractivity contribution in [1.29, 1.82) is 0 Å². The number of halogens is 1. The molecule has 3 rings (SSSR count). The molecule has 0 unspecified atom stereocenters. The first-order chi connectivity index (χ1) is 8.66. The summed E-state index contributed by atoms with van der Waals surface area (Å²) in [5.74, 6) is 0.366. The fraction of sp³-hybridized carbons (Fsp3) is 0.250. The number of nitrogens with zero attached hydrogens (tertiary/aromatic N) is 4. The predicted octanol–water partition coefficient (Wildman–Crippen LogP) is 3.03. The van der Waals surface area contributed by atoms with Gasteiger partial charge in [-0.05, 0) is 27.9 Å². The van der Waals surface area contributed by atoms with E-state index in [9.17, 15) is 0 Å². The highest BCUT2D eigenvalue weighted by Gasteiger charge is 2.14. The van der Waals surface area contributed by atoms with E-state index in [1.165, 1.54) is 0 Å². The van der Waals surface area contributed by atoms with E-state index in [0.717, 1.165) is 27.0 Å². The summed E-state index contributed by atoms with van der Waals surface area (Å²) in [6.07, 6.45) is 5.46. The van der Waals surface area contributed by atoms with E-state index < -0.39 is 0 Å². The predicted molar refractivity (Wildman–Crippen MR) is 72.8 cm³/mol. The van der Waals surface area contributed by atoms with Crippen LogP contribution in [-0.2, 0) is 0 Å². The van der Waals surface area contributed by atoms with Gasteiger partial charge in [-0.15, -0.1) is 0 Å². The van der Waals surface area contributed by atoms with E-state index >= 15 is 0 Å². The maximum Gasteiger partial charge on any atom is 0.183 e. The molecule has 0 bridgehead atoms. The van der Waals surface area contributed by atoms with Gasteiger partial charge < -0.3 is 4.57 Å². The standard InChI is InChI=1S/C12H12BrN5/c1-7(2)11-10-8(18-5-9(13)15-6-18)3-4-14-12(10)17-16-11/h3-7H,1-2H3,(H,14,16,17). The summed E-state index contributed by atoms with van der Waals surface area (Å²) in [6.45, 7) is 4.26. The summed E-state index contributed by atoms with van der Waals surface area (Å²) in [5, 5.41) is 8.38. The molecule has 0 spiro atoms. The second kappa shape index (κ2) is 4.20. The molecule has 0 radical (unpaired) electrons. The first-order valence-corrected chi connectivity index (χ1v) is 6.49. The van der Waals surface area contributed by atoms with Crippen molar-refractivity contribution in [3.8, 4) is 5.69 Å². The zero-order valence-electron chi connectivity index (χ0n) is 10.1. The van der Waals surface area contributed by atoms with Crippen LogP contribution in [0.5, 0.6) is 0 Å². The van der Waals surface area contributed by atoms with Crippen LogP contribution >= 0.6 is 15.9 Å². The first kappa shape index (κ1) is 11.4. The molecule has 0 amide bonds. The number of imidazole rings is 1. The molecule has 0 aromatic carbocycles. The van der Waals surface area contributed by atoms with E-state index in [1.54, 1.807) is 12.5 Å². The van der Waals surface area contributed by atoms with Gasteiger partial charge in [0, 0.05) is 18.1 Å². The molecule has 0 aliphatic heterocycles. The molecule has 5 nitrogen and oxygen atoms in total. The number of fused-ring (bicyclic) bond motifs is 1. The molecule has 3 heterocycles. The second-order valence-electron chi connectivity index (χ2n) is 4.42. The van der Waals surface area contributed by atoms with E-state index in [-0.39, 0.29) is 0 Å². The second-order valence-corrected chi connectivity index (χ2v) is 5.24. The number of hydrogen-bond acceptors (Lipinski definition) is 3. The van der Waals surface area contributed by atoms with Crippen LogP contribution in [0.3, 0.4) is 0 Å². The van der Waals surface area contributed by atoms with E-state index in [1.807, 2.05) is 16.8 Å². The monoisotopic (exact) mass is 305 g/mol. The van der Waals surface area contributed by atoms with Gasteiger partial charge in [-0.3, -0.25) is 5.10 Å². The zero-order chi connectivity index (χ0) is 12.7. The molecule has 0 atom stereocenters. The van der Waals surface area contributed by atoms with Gasteiger partial charge in [0.05, 0.1) is 11.1 Å². The fourth-order valence-corrected chi connectivity index (χ4v) is 2.33. The van der Waals surface area contributed by atoms with Gasteiger partial charge in [-0.1, -0.05) is 13.8 Å². The molecule has 0 saturated carbocycles. The van der Waals surface area contributed by atoms with E-state index in [0.29, 0.717) is 5.92 Å². The maximum absolute atomic E-state index is 4.29. The average molecular weight is 306 g/mol. The topological polar surface area (TPSA) is 59.4 Å². The highest BCUT2D eigenvalue weighted by atomic mass is 79.9. The van der Waals surface area contributed by atoms with Crippen molar-refractivity contribution in [1.82, 2.24) is 24.7 Å². The number of rotatable bonds is 2. The quantitative estimate of drug-likeness (QED) is 0.791. The SMILES string of the molecule is CC(C)c1[nH]nc2nccc(-n3cnc(Br)c3)c12. The van der Waals surface area contributed by atoms with Crippen molar-refractivity contribution >= 4 is 27.0 Å². The van der Waals surface area contributed by atoms with Crippen LogP contribution in [0.2, 0.25) is 0 Å². The molecule has 0 aliphatic rings. The van der Waals surface area contributed by atoms with Crippen molar-refractivity contribution in [3.63, 3.8) is 0 Å². The molecular formula is C12H12BrN5. The molecule has 3 aromatic rings. The summed E-state index contributed by atoms with van der Waals surface area (Å²) in [7, 11) is 0. The highest BCUT2D eigenvalue weighted by Crippen LogP contribution is 2.27. The zero-order valence-corrected chi connectivity index (χ0v) is 11.6. The summed E-state index contributed by atoms with van der Waals surface area (Å²) >= 11 is 3.36. The lowest BCUT2D eigenvalue weighted by Crippen LogP contribution is -1.95. The molecule has 0 fully saturated rings. The van der Waals surface area contributed by atoms with Crippen LogP contribution in [-0.4, -0.2) is 24.7 Å². The third-order valence-electron chi connectivity index (χ3n) is 2.87. The van der Waals surface area contributed by atoms with Crippen LogP contribution in [0.25, 0.3) is 16.7 Å². The molecule has 92 valence electrons. The van der Waals surface area contributed by atoms with Gasteiger partial charge >= 0.3 is 0 Å². The molecular weight excluding hydrogens is 294 g/mol. The Labute approximate surface area is 112 Å². The maximum atomic E-state index is 4.29. The van der Waals surface area contributed by atoms with Gasteiger partial charge in [-0.2, -0.15) is 5.10 Å². The molecule has 0 saturated heterocycles. The molecule has 1 N–H and O–H groups in total. The van der Waals surface area contributed by atoms with E-state index in [4.69, 9.17) is 0 Å². The van der Waals surface area contributed by atoms with Gasteiger partial charge in [0.25, 0.3) is 0 Å². The third-order valence-corrected chi connectivity index (χ3v) is 3.28. The molecule has 18 heavy (non-hydrogen) atoms. The Bertz CT molecular complexity index is 697. The summed E-state index contributed by atoms with van der Waals surface area (Å²) in [6, 6.07) is 1.97. The first-order valence-electron chi connectivity index (χ1n) is 5.69. The van der Waals surface area contributed by atoms with Gasteiger partial charge in [0.15, 0.2) is 5.65 Å². The number of aromatic nitrogens is 5. The Balaban J connectivity index is 2.31. The summed E-state index contributed by atoms with van der Waals surface area (Å²) in [5.41, 5.74) is 2.87. The Morgan fingerprint density at radius 2 is 2.17 bits per heavy atom. The lowest BCUT2D eigenvalue weighted by molar-refractivity contribution is 0.816. The number of aromatic amines is 1. The largest absolute Gasteiger partial charge is 0.304 e. The Morgan fingerprint density at radius 1 is 1.33 bits per heavy atom. The third kappa shape index (κ3) is 1.73. The van der Waals surface area contributed by atoms with Gasteiger partial charge in [0.2, 0.25) is 0 Å². The van der Waals surface area contributed by atoms with Gasteiger partial charge in [0.1, 0.15) is 10.9 Å². The number of H-pyrrole nitrogens is 1. The summed E-state index contributed by atoms with van der Waals surface area (Å²) < 4.78 is 2.78. The van der Waals surface area contributed by atoms with Crippen molar-refractivity contribution in [2.24, 2.45) is 0 Å². The number of nitrogens with one attached hydrogen (secondary N) is 1. The van der Waals surface area contributed by atoms with Crippen LogP contribution in [0, 0.1) is 0 Å². The summed E-state index contributed by atoms with van der Waals surface area (Å²) in [4.78, 5) is 8.48. The van der Waals surface area contributed by atoms with Crippen LogP contribution in [0.4, 0.5) is 0 Å². The van der Waals surface area contributed by atoms with Crippen LogP contribution in [0.15, 0.2) is 29.4 Å². The van der Waals surface area contributed by atoms with Crippen LogP contribution < -0.4 is 0 Å². The smallest absolute Gasteiger partial charge is 0.183 e. The van der Waals surface area contributed by atoms with Crippen molar-refractivity contribution in [2.75, 3.05) is 0 Å². The Kier molecular flexibility index (Phi) is 2.66. The normalized spacial score (nSPS) is 11.6. The van der Waals surface area contributed by atoms with Crippen molar-refractivity contribution < 1.29 is 0 Å². The molecule has 3 aromatic heterocycles. The number of hydrogen-bond donors (Lipinski definition) is 1. The fourth-order valence-electron chi connectivity index (χ4n) is 2.02. The highest BCUT2D eigenvalue weighted by molar-refractivity contribution is 9.10.